The van der Waals surface area contributed by atoms with E-state index in [4.69, 9.17) is 5.73 Å². The summed E-state index contributed by atoms with van der Waals surface area (Å²) in [7, 11) is -3.75. The van der Waals surface area contributed by atoms with Gasteiger partial charge in [-0.2, -0.15) is 13.2 Å². The van der Waals surface area contributed by atoms with E-state index in [1.807, 2.05) is 0 Å². The molecule has 0 aromatic rings. The van der Waals surface area contributed by atoms with E-state index >= 15 is 0 Å². The molecule has 7 heteroatoms. The fraction of sp³-hybridized carbons (Fsp3) is 1.00. The highest BCUT2D eigenvalue weighted by Gasteiger charge is 2.42. The van der Waals surface area contributed by atoms with Gasteiger partial charge >= 0.3 is 6.18 Å². The second-order valence-electron chi connectivity index (χ2n) is 4.25. The molecule has 0 fully saturated rings. The minimum Gasteiger partial charge on any atom is -0.330 e. The van der Waals surface area contributed by atoms with Crippen molar-refractivity contribution >= 4 is 9.84 Å². The average Bonchev–Trinajstić information content (AvgIpc) is 2.10. The number of halogens is 3. The minimum absolute atomic E-state index is 0.211. The first kappa shape index (κ1) is 15.7. The first-order valence-electron chi connectivity index (χ1n) is 5.00. The van der Waals surface area contributed by atoms with E-state index in [2.05, 4.69) is 0 Å². The van der Waals surface area contributed by atoms with E-state index < -0.39 is 39.5 Å². The molecule has 0 saturated heterocycles. The van der Waals surface area contributed by atoms with Gasteiger partial charge in [-0.25, -0.2) is 8.42 Å². The van der Waals surface area contributed by atoms with Crippen molar-refractivity contribution in [3.63, 3.8) is 0 Å². The molecular weight excluding hydrogens is 243 g/mol. The van der Waals surface area contributed by atoms with E-state index in [0.29, 0.717) is 0 Å². The molecule has 2 unspecified atom stereocenters. The highest BCUT2D eigenvalue weighted by molar-refractivity contribution is 7.92. The second kappa shape index (κ2) is 5.35. The van der Waals surface area contributed by atoms with Gasteiger partial charge in [0.05, 0.1) is 16.9 Å². The number of alkyl halides is 3. The molecule has 3 nitrogen and oxygen atoms in total. The SMILES string of the molecule is CC(C)C(C)S(=O)(=O)CC(CN)C(F)(F)F. The summed E-state index contributed by atoms with van der Waals surface area (Å²) in [5.41, 5.74) is 4.96. The van der Waals surface area contributed by atoms with Gasteiger partial charge in [-0.15, -0.1) is 0 Å². The van der Waals surface area contributed by atoms with Gasteiger partial charge in [-0.1, -0.05) is 13.8 Å². The molecule has 0 radical (unpaired) electrons. The van der Waals surface area contributed by atoms with E-state index in [9.17, 15) is 21.6 Å². The molecule has 0 aliphatic rings. The van der Waals surface area contributed by atoms with E-state index in [0.717, 1.165) is 0 Å². The number of sulfone groups is 1. The maximum Gasteiger partial charge on any atom is 0.393 e. The van der Waals surface area contributed by atoms with Crippen LogP contribution in [0.2, 0.25) is 0 Å². The van der Waals surface area contributed by atoms with Gasteiger partial charge in [0.1, 0.15) is 0 Å². The molecule has 2 N–H and O–H groups in total. The second-order valence-corrected chi connectivity index (χ2v) is 6.66. The van der Waals surface area contributed by atoms with Crippen LogP contribution in [0.15, 0.2) is 0 Å². The van der Waals surface area contributed by atoms with Crippen molar-refractivity contribution in [3.8, 4) is 0 Å². The maximum atomic E-state index is 12.4. The Balaban J connectivity index is 4.83. The average molecular weight is 261 g/mol. The van der Waals surface area contributed by atoms with Gasteiger partial charge in [0.15, 0.2) is 9.84 Å². The molecule has 0 bridgehead atoms. The predicted octanol–water partition coefficient (Wildman–Crippen LogP) is 1.58. The summed E-state index contributed by atoms with van der Waals surface area (Å²) in [6, 6.07) is 0. The molecule has 16 heavy (non-hydrogen) atoms. The van der Waals surface area contributed by atoms with E-state index in [1.54, 1.807) is 13.8 Å². The highest BCUT2D eigenvalue weighted by atomic mass is 32.2. The van der Waals surface area contributed by atoms with Crippen LogP contribution in [0.25, 0.3) is 0 Å². The number of rotatable bonds is 5. The maximum absolute atomic E-state index is 12.4. The largest absolute Gasteiger partial charge is 0.393 e. The van der Waals surface area contributed by atoms with Crippen LogP contribution in [0.5, 0.6) is 0 Å². The van der Waals surface area contributed by atoms with Crippen LogP contribution in [0.4, 0.5) is 13.2 Å². The Morgan fingerprint density at radius 3 is 1.88 bits per heavy atom. The molecule has 98 valence electrons. The van der Waals surface area contributed by atoms with E-state index in [-0.39, 0.29) is 5.92 Å². The Morgan fingerprint density at radius 2 is 1.62 bits per heavy atom. The van der Waals surface area contributed by atoms with Gasteiger partial charge in [0, 0.05) is 6.54 Å². The summed E-state index contributed by atoms with van der Waals surface area (Å²) >= 11 is 0. The van der Waals surface area contributed by atoms with Gasteiger partial charge in [-0.05, 0) is 12.8 Å². The Morgan fingerprint density at radius 1 is 1.19 bits per heavy atom. The lowest BCUT2D eigenvalue weighted by atomic mass is 10.1. The molecule has 0 aliphatic carbocycles. The number of nitrogens with two attached hydrogens (primary N) is 1. The molecule has 0 rings (SSSR count). The summed E-state index contributed by atoms with van der Waals surface area (Å²) in [5, 5.41) is -0.788. The van der Waals surface area contributed by atoms with Gasteiger partial charge in [-0.3, -0.25) is 0 Å². The van der Waals surface area contributed by atoms with Gasteiger partial charge < -0.3 is 5.73 Å². The van der Waals surface area contributed by atoms with Crippen LogP contribution in [0.3, 0.4) is 0 Å². The zero-order chi connectivity index (χ0) is 13.1. The summed E-state index contributed by atoms with van der Waals surface area (Å²) < 4.78 is 60.4. The standard InChI is InChI=1S/C9H18F3NO2S/c1-6(2)7(3)16(14,15)5-8(4-13)9(10,11)12/h6-8H,4-5,13H2,1-3H3. The summed E-state index contributed by atoms with van der Waals surface area (Å²) in [6.07, 6.45) is -4.56. The summed E-state index contributed by atoms with van der Waals surface area (Å²) in [4.78, 5) is 0. The molecule has 0 aliphatic heterocycles. The first-order valence-corrected chi connectivity index (χ1v) is 6.72. The smallest absolute Gasteiger partial charge is 0.330 e. The Hall–Kier alpha value is -0.300. The summed E-state index contributed by atoms with van der Waals surface area (Å²) in [6.45, 7) is 4.04. The first-order chi connectivity index (χ1) is 7.02. The molecule has 0 aromatic heterocycles. The number of hydrogen-bond donors (Lipinski definition) is 1. The highest BCUT2D eigenvalue weighted by Crippen LogP contribution is 2.28. The molecule has 0 amide bonds. The fourth-order valence-corrected chi connectivity index (χ4v) is 3.16. The van der Waals surface area contributed by atoms with Crippen molar-refractivity contribution in [2.75, 3.05) is 12.3 Å². The third kappa shape index (κ3) is 4.29. The Bertz CT molecular complexity index is 311. The normalized spacial score (nSPS) is 17.5. The van der Waals surface area contributed by atoms with Crippen molar-refractivity contribution < 1.29 is 21.6 Å². The number of hydrogen-bond acceptors (Lipinski definition) is 3. The molecule has 0 spiro atoms. The van der Waals surface area contributed by atoms with Crippen LogP contribution in [0, 0.1) is 11.8 Å². The lowest BCUT2D eigenvalue weighted by Crippen LogP contribution is -2.39. The fourth-order valence-electron chi connectivity index (χ4n) is 1.14. The molecule has 2 atom stereocenters. The van der Waals surface area contributed by atoms with Crippen LogP contribution in [-0.4, -0.2) is 32.1 Å². The summed E-state index contributed by atoms with van der Waals surface area (Å²) in [5.74, 6) is -3.11. The quantitative estimate of drug-likeness (QED) is 0.817. The third-order valence-corrected chi connectivity index (χ3v) is 5.23. The topological polar surface area (TPSA) is 60.2 Å². The Kier molecular flexibility index (Phi) is 5.25. The van der Waals surface area contributed by atoms with Crippen molar-refractivity contribution in [1.82, 2.24) is 0 Å². The minimum atomic E-state index is -4.56. The molecule has 0 saturated carbocycles. The van der Waals surface area contributed by atoms with Crippen LogP contribution < -0.4 is 5.73 Å². The van der Waals surface area contributed by atoms with Crippen molar-refractivity contribution in [2.45, 2.75) is 32.2 Å². The molecular formula is C9H18F3NO2S. The van der Waals surface area contributed by atoms with Crippen molar-refractivity contribution in [1.29, 1.82) is 0 Å². The van der Waals surface area contributed by atoms with E-state index in [1.165, 1.54) is 6.92 Å². The lowest BCUT2D eigenvalue weighted by Gasteiger charge is -2.22. The van der Waals surface area contributed by atoms with Crippen LogP contribution >= 0.6 is 0 Å². The molecule has 0 heterocycles. The van der Waals surface area contributed by atoms with Gasteiger partial charge in [0.25, 0.3) is 0 Å². The predicted molar refractivity (Wildman–Crippen MR) is 56.7 cm³/mol. The zero-order valence-electron chi connectivity index (χ0n) is 9.58. The third-order valence-electron chi connectivity index (χ3n) is 2.69. The Labute approximate surface area is 94.1 Å². The van der Waals surface area contributed by atoms with Crippen LogP contribution in [0.1, 0.15) is 20.8 Å². The molecule has 0 aromatic carbocycles. The van der Waals surface area contributed by atoms with Crippen LogP contribution in [-0.2, 0) is 9.84 Å². The lowest BCUT2D eigenvalue weighted by molar-refractivity contribution is -0.165. The monoisotopic (exact) mass is 261 g/mol. The van der Waals surface area contributed by atoms with Gasteiger partial charge in [0.2, 0.25) is 0 Å². The zero-order valence-corrected chi connectivity index (χ0v) is 10.4. The van der Waals surface area contributed by atoms with Crippen molar-refractivity contribution in [3.05, 3.63) is 0 Å². The van der Waals surface area contributed by atoms with Crippen molar-refractivity contribution in [2.24, 2.45) is 17.6 Å².